The minimum absolute atomic E-state index is 0.627. The van der Waals surface area contributed by atoms with E-state index in [1.54, 1.807) is 0 Å². The van der Waals surface area contributed by atoms with Gasteiger partial charge in [0.1, 0.15) is 17.2 Å². The molecule has 1 N–H and O–H groups in total. The zero-order valence-corrected chi connectivity index (χ0v) is 16.8. The summed E-state index contributed by atoms with van der Waals surface area (Å²) in [5.74, 6) is 1.68. The molecule has 4 rings (SSSR count). The van der Waals surface area contributed by atoms with Gasteiger partial charge in [-0.1, -0.05) is 17.3 Å². The van der Waals surface area contributed by atoms with Crippen LogP contribution in [0.1, 0.15) is 29.5 Å². The van der Waals surface area contributed by atoms with Crippen LogP contribution in [0.15, 0.2) is 65.6 Å². The Balaban J connectivity index is 1.47. The van der Waals surface area contributed by atoms with E-state index in [4.69, 9.17) is 9.26 Å². The molecule has 0 radical (unpaired) electrons. The first-order valence-corrected chi connectivity index (χ1v) is 9.66. The minimum atomic E-state index is 0.627. The fraction of sp³-hybridized carbons (Fsp3) is 0.217. The third-order valence-electron chi connectivity index (χ3n) is 4.82. The van der Waals surface area contributed by atoms with Crippen molar-refractivity contribution in [3.8, 4) is 17.0 Å². The molecule has 3 aromatic rings. The van der Waals surface area contributed by atoms with E-state index < -0.39 is 0 Å². The number of pyridine rings is 1. The number of hydrogen-bond acceptors (Lipinski definition) is 6. The van der Waals surface area contributed by atoms with Gasteiger partial charge < -0.3 is 14.7 Å². The van der Waals surface area contributed by atoms with Gasteiger partial charge in [0, 0.05) is 41.0 Å². The molecular formula is C23H24N4O2. The first kappa shape index (κ1) is 18.8. The number of nitrogens with one attached hydrogen (secondary N) is 1. The van der Waals surface area contributed by atoms with E-state index in [1.165, 1.54) is 0 Å². The van der Waals surface area contributed by atoms with Crippen LogP contribution in [-0.4, -0.2) is 21.8 Å². The maximum atomic E-state index is 5.51. The topological polar surface area (TPSA) is 63.4 Å². The molecular weight excluding hydrogens is 364 g/mol. The Morgan fingerprint density at radius 3 is 2.52 bits per heavy atom. The number of aromatic nitrogens is 2. The van der Waals surface area contributed by atoms with E-state index in [2.05, 4.69) is 33.8 Å². The Bertz CT molecular complexity index is 1030. The second-order valence-corrected chi connectivity index (χ2v) is 6.88. The quantitative estimate of drug-likeness (QED) is 0.664. The van der Waals surface area contributed by atoms with Gasteiger partial charge in [0.05, 0.1) is 13.2 Å². The molecule has 0 spiro atoms. The van der Waals surface area contributed by atoms with Crippen LogP contribution in [-0.2, 0) is 6.54 Å². The average molecular weight is 388 g/mol. The fourth-order valence-electron chi connectivity index (χ4n) is 3.18. The Kier molecular flexibility index (Phi) is 5.33. The van der Waals surface area contributed by atoms with Gasteiger partial charge in [0.15, 0.2) is 0 Å². The molecule has 1 aromatic carbocycles. The van der Waals surface area contributed by atoms with Crippen LogP contribution >= 0.6 is 0 Å². The molecule has 2 aromatic heterocycles. The van der Waals surface area contributed by atoms with Crippen molar-refractivity contribution >= 4 is 5.57 Å². The third kappa shape index (κ3) is 4.16. The van der Waals surface area contributed by atoms with Crippen LogP contribution in [0.4, 0.5) is 0 Å². The van der Waals surface area contributed by atoms with Crippen molar-refractivity contribution in [2.24, 2.45) is 0 Å². The lowest BCUT2D eigenvalue weighted by Gasteiger charge is -2.24. The van der Waals surface area contributed by atoms with Gasteiger partial charge in [-0.2, -0.15) is 0 Å². The number of allylic oxidation sites excluding steroid dienone is 2. The van der Waals surface area contributed by atoms with Crippen LogP contribution in [0.2, 0.25) is 0 Å². The summed E-state index contributed by atoms with van der Waals surface area (Å²) in [4.78, 5) is 4.37. The van der Waals surface area contributed by atoms with Crippen molar-refractivity contribution in [1.29, 1.82) is 0 Å². The molecule has 148 valence electrons. The zero-order chi connectivity index (χ0) is 20.2. The number of hydrogen-bond donors (Lipinski definition) is 1. The van der Waals surface area contributed by atoms with Gasteiger partial charge in [0.25, 0.3) is 0 Å². The second kappa shape index (κ2) is 8.22. The van der Waals surface area contributed by atoms with Gasteiger partial charge in [-0.15, -0.1) is 0 Å². The predicted molar refractivity (Wildman–Crippen MR) is 113 cm³/mol. The smallest absolute Gasteiger partial charge is 0.139 e. The summed E-state index contributed by atoms with van der Waals surface area (Å²) in [6, 6.07) is 12.1. The highest BCUT2D eigenvalue weighted by atomic mass is 16.5. The van der Waals surface area contributed by atoms with E-state index in [1.807, 2.05) is 68.6 Å². The van der Waals surface area contributed by atoms with Gasteiger partial charge in [-0.25, -0.2) is 0 Å². The van der Waals surface area contributed by atoms with Crippen LogP contribution < -0.4 is 10.2 Å². The highest BCUT2D eigenvalue weighted by Gasteiger charge is 2.18. The molecule has 0 fully saturated rings. The lowest BCUT2D eigenvalue weighted by Crippen LogP contribution is -2.30. The van der Waals surface area contributed by atoms with Crippen LogP contribution in [0.3, 0.4) is 0 Å². The van der Waals surface area contributed by atoms with Gasteiger partial charge in [0.2, 0.25) is 0 Å². The Labute approximate surface area is 170 Å². The highest BCUT2D eigenvalue weighted by molar-refractivity contribution is 5.74. The first-order chi connectivity index (χ1) is 14.1. The fourth-order valence-corrected chi connectivity index (χ4v) is 3.18. The molecule has 0 atom stereocenters. The number of ether oxygens (including phenoxy) is 1. The number of aryl methyl sites for hydroxylation is 2. The van der Waals surface area contributed by atoms with E-state index in [0.29, 0.717) is 13.2 Å². The summed E-state index contributed by atoms with van der Waals surface area (Å²) in [5, 5.41) is 6.25. The largest absolute Gasteiger partial charge is 0.494 e. The molecule has 3 heterocycles. The van der Waals surface area contributed by atoms with Crippen molar-refractivity contribution < 1.29 is 9.26 Å². The molecule has 1 aliphatic heterocycles. The maximum Gasteiger partial charge on any atom is 0.139 e. The van der Waals surface area contributed by atoms with E-state index in [9.17, 15) is 0 Å². The number of rotatable bonds is 6. The molecule has 1 aliphatic rings. The molecule has 6 heteroatoms. The van der Waals surface area contributed by atoms with E-state index in [-0.39, 0.29) is 0 Å². The van der Waals surface area contributed by atoms with Crippen molar-refractivity contribution in [2.75, 3.05) is 6.61 Å². The zero-order valence-electron chi connectivity index (χ0n) is 16.8. The molecule has 0 unspecified atom stereocenters. The summed E-state index contributed by atoms with van der Waals surface area (Å²) < 4.78 is 11.0. The molecule has 0 bridgehead atoms. The molecule has 29 heavy (non-hydrogen) atoms. The van der Waals surface area contributed by atoms with Crippen molar-refractivity contribution in [2.45, 2.75) is 27.3 Å². The highest BCUT2D eigenvalue weighted by Crippen LogP contribution is 2.27. The third-order valence-corrected chi connectivity index (χ3v) is 4.82. The van der Waals surface area contributed by atoms with Crippen LogP contribution in [0.25, 0.3) is 16.8 Å². The Morgan fingerprint density at radius 1 is 1.07 bits per heavy atom. The Morgan fingerprint density at radius 2 is 1.86 bits per heavy atom. The lowest BCUT2D eigenvalue weighted by atomic mass is 10.1. The molecule has 6 nitrogen and oxygen atoms in total. The summed E-state index contributed by atoms with van der Waals surface area (Å²) in [5.41, 5.74) is 9.35. The van der Waals surface area contributed by atoms with Gasteiger partial charge >= 0.3 is 0 Å². The summed E-state index contributed by atoms with van der Waals surface area (Å²) in [6.07, 6.45) is 7.93. The van der Waals surface area contributed by atoms with Gasteiger partial charge in [-0.3, -0.25) is 9.99 Å². The van der Waals surface area contributed by atoms with Crippen molar-refractivity contribution in [3.63, 3.8) is 0 Å². The summed E-state index contributed by atoms with van der Waals surface area (Å²) in [6.45, 7) is 7.18. The van der Waals surface area contributed by atoms with Gasteiger partial charge in [-0.05, 0) is 56.7 Å². The normalized spacial score (nSPS) is 13.2. The van der Waals surface area contributed by atoms with Crippen LogP contribution in [0.5, 0.6) is 5.75 Å². The minimum Gasteiger partial charge on any atom is -0.494 e. The van der Waals surface area contributed by atoms with E-state index >= 15 is 0 Å². The molecule has 0 aliphatic carbocycles. The number of benzene rings is 1. The number of hydrazine groups is 1. The SMILES string of the molecule is CCOc1ccc(C2=CNN(Cc3c(-c4ccc(C)nc4)noc3C)C=C2)cc1. The second-order valence-electron chi connectivity index (χ2n) is 6.88. The molecule has 0 saturated carbocycles. The Hall–Kier alpha value is -3.54. The standard InChI is InChI=1S/C23H24N4O2/c1-4-28-21-9-7-18(8-10-21)19-11-12-27(25-14-19)15-22-17(3)29-26-23(22)20-6-5-16(2)24-13-20/h5-14,25H,4,15H2,1-3H3. The average Bonchev–Trinajstić information content (AvgIpc) is 3.10. The maximum absolute atomic E-state index is 5.51. The predicted octanol–water partition coefficient (Wildman–Crippen LogP) is 4.63. The number of nitrogens with zero attached hydrogens (tertiary/aromatic N) is 3. The molecule has 0 saturated heterocycles. The summed E-state index contributed by atoms with van der Waals surface area (Å²) in [7, 11) is 0. The summed E-state index contributed by atoms with van der Waals surface area (Å²) >= 11 is 0. The first-order valence-electron chi connectivity index (χ1n) is 9.66. The molecule has 0 amide bonds. The lowest BCUT2D eigenvalue weighted by molar-refractivity contribution is 0.302. The van der Waals surface area contributed by atoms with Crippen LogP contribution in [0, 0.1) is 13.8 Å². The van der Waals surface area contributed by atoms with Crippen molar-refractivity contribution in [3.05, 3.63) is 83.7 Å². The van der Waals surface area contributed by atoms with Crippen molar-refractivity contribution in [1.82, 2.24) is 20.6 Å². The monoisotopic (exact) mass is 388 g/mol. The van der Waals surface area contributed by atoms with E-state index in [0.717, 1.165) is 45.2 Å².